The average molecular weight is 1450 g/mol. The van der Waals surface area contributed by atoms with Crippen molar-refractivity contribution in [1.29, 1.82) is 0 Å². The molecule has 0 spiro atoms. The smallest absolute Gasteiger partial charge is 0.165 e. The fourth-order valence-corrected chi connectivity index (χ4v) is 12.6. The number of hydrogen-bond donors (Lipinski definition) is 0. The van der Waals surface area contributed by atoms with Crippen molar-refractivity contribution in [3.05, 3.63) is 199 Å². The van der Waals surface area contributed by atoms with Crippen LogP contribution in [0, 0.1) is 42.9 Å². The molecule has 12 rings (SSSR count). The van der Waals surface area contributed by atoms with Gasteiger partial charge in [0.15, 0.2) is 11.6 Å². The van der Waals surface area contributed by atoms with Gasteiger partial charge in [-0.3, -0.25) is 0 Å². The Balaban J connectivity index is 0.000000176. The number of aromatic nitrogens is 6. The maximum atomic E-state index is 13.7. The third-order valence-electron chi connectivity index (χ3n) is 20.5. The molecule has 15 nitrogen and oxygen atoms in total. The lowest BCUT2D eigenvalue weighted by molar-refractivity contribution is 0.259. The van der Waals surface area contributed by atoms with Gasteiger partial charge in [-0.2, -0.15) is 0 Å². The van der Waals surface area contributed by atoms with Crippen molar-refractivity contribution in [2.24, 2.45) is 0 Å². The SMILES string of the molecule is CC[C@@H](Cn1ccc2cc(OC)ccc21)N(C)C.CC[C@H](Cn1ccc2cc(OC)ccc21)N(C)C.COc1cc2c(ccn2C[C@@H](C)N(C)C)cc1F.C[C@H](Cn1ccc2cc(F)cc(F)c21)N(C)C.Cc1cc2cc(F)ccc2n1C[C@@H](C)N(C)C.Cc1cn(C[C@@H](C)N(C)C)c2ccc(F)cc12. The zero-order valence-corrected chi connectivity index (χ0v) is 66.6. The van der Waals surface area contributed by atoms with E-state index in [4.69, 9.17) is 14.2 Å². The molecule has 0 saturated carbocycles. The lowest BCUT2D eigenvalue weighted by Gasteiger charge is -2.23. The molecule has 0 aliphatic heterocycles. The summed E-state index contributed by atoms with van der Waals surface area (Å²) in [6, 6.07) is 40.8. The van der Waals surface area contributed by atoms with Crippen LogP contribution in [-0.2, 0) is 39.3 Å². The molecular formula is C85H117F5N12O3. The summed E-state index contributed by atoms with van der Waals surface area (Å²) in [6.07, 6.45) is 12.5. The minimum atomic E-state index is -0.534. The molecular weight excluding hydrogens is 1330 g/mol. The molecule has 0 saturated heterocycles. The number of fused-ring (bicyclic) bond motifs is 6. The van der Waals surface area contributed by atoms with E-state index in [0.717, 1.165) is 101 Å². The second-order valence-electron chi connectivity index (χ2n) is 29.1. The maximum absolute atomic E-state index is 13.7. The van der Waals surface area contributed by atoms with Crippen LogP contribution in [0.15, 0.2) is 158 Å². The van der Waals surface area contributed by atoms with E-state index >= 15 is 0 Å². The van der Waals surface area contributed by atoms with Gasteiger partial charge in [0.05, 0.1) is 32.4 Å². The Bertz CT molecular complexity index is 4570. The number of likely N-dealkylation sites (N-methyl/N-ethyl adjacent to an activating group) is 6. The zero-order chi connectivity index (χ0) is 77.3. The fourth-order valence-electron chi connectivity index (χ4n) is 12.6. The van der Waals surface area contributed by atoms with E-state index in [1.165, 1.54) is 58.9 Å². The van der Waals surface area contributed by atoms with Crippen LogP contribution in [0.5, 0.6) is 17.2 Å². The molecule has 0 amide bonds. The quantitative estimate of drug-likeness (QED) is 0.0582. The number of halogens is 5. The number of rotatable bonds is 23. The monoisotopic (exact) mass is 1450 g/mol. The molecule has 0 aliphatic carbocycles. The predicted octanol–water partition coefficient (Wildman–Crippen LogP) is 17.7. The number of methoxy groups -OCH3 is 3. The van der Waals surface area contributed by atoms with Crippen LogP contribution in [-0.4, -0.2) is 199 Å². The van der Waals surface area contributed by atoms with Gasteiger partial charge in [0.2, 0.25) is 0 Å². The molecule has 0 unspecified atom stereocenters. The standard InChI is InChI=1S/2C15H22N2O.C14H19FN2O.2C14H19FN2.C13H16F2N2/c2*1-5-13(16(2)3)11-17-9-8-12-10-14(18-4)6-7-15(12)17;1-10(16(2)3)9-17-6-5-11-7-12(15)14(18-4)8-13(11)17;1-10-8-17(9-11(2)16(3)4)14-6-5-12(15)7-13(10)14;1-10-7-12-8-13(15)5-6-14(12)17(10)9-11(2)16(3)4;1-9(16(2)3)8-17-5-4-10-6-11(14)7-12(15)13(10)17/h2*6-10,13H,5,11H2,1-4H3;5-8,10H,9H2,1-4H3;2*5-8,11H,9H2,1-4H3;4-7,9H,8H2,1-3H3/t2*13-;10-;2*11-;9-/m101111/s1. The van der Waals surface area contributed by atoms with Gasteiger partial charge in [0.25, 0.3) is 0 Å². The van der Waals surface area contributed by atoms with Crippen LogP contribution in [0.4, 0.5) is 22.0 Å². The Kier molecular flexibility index (Phi) is 30.7. The van der Waals surface area contributed by atoms with Gasteiger partial charge in [-0.15, -0.1) is 0 Å². The van der Waals surface area contributed by atoms with Crippen LogP contribution in [0.2, 0.25) is 0 Å². The van der Waals surface area contributed by atoms with E-state index in [0.29, 0.717) is 53.4 Å². The summed E-state index contributed by atoms with van der Waals surface area (Å²) >= 11 is 0. The fraction of sp³-hybridized carbons (Fsp3) is 0.435. The lowest BCUT2D eigenvalue weighted by Crippen LogP contribution is -2.31. The third kappa shape index (κ3) is 22.2. The van der Waals surface area contributed by atoms with Crippen LogP contribution < -0.4 is 14.2 Å². The number of nitrogens with zero attached hydrogens (tertiary/aromatic N) is 12. The molecule has 0 radical (unpaired) electrons. The van der Waals surface area contributed by atoms with Crippen molar-refractivity contribution < 1.29 is 36.2 Å². The number of benzene rings is 6. The molecule has 0 N–H and O–H groups in total. The summed E-state index contributed by atoms with van der Waals surface area (Å²) < 4.78 is 95.3. The van der Waals surface area contributed by atoms with E-state index in [1.807, 2.05) is 68.2 Å². The molecule has 6 aromatic carbocycles. The highest BCUT2D eigenvalue weighted by Gasteiger charge is 2.18. The van der Waals surface area contributed by atoms with E-state index < -0.39 is 11.6 Å². The van der Waals surface area contributed by atoms with Gasteiger partial charge in [-0.1, -0.05) is 13.8 Å². The summed E-state index contributed by atoms with van der Waals surface area (Å²) in [5.41, 5.74) is 8.55. The zero-order valence-electron chi connectivity index (χ0n) is 66.6. The topological polar surface area (TPSA) is 76.7 Å². The Morgan fingerprint density at radius 3 is 1.25 bits per heavy atom. The number of hydrogen-bond acceptors (Lipinski definition) is 9. The van der Waals surface area contributed by atoms with Crippen LogP contribution >= 0.6 is 0 Å². The van der Waals surface area contributed by atoms with Gasteiger partial charge in [0.1, 0.15) is 34.8 Å². The number of ether oxygens (including phenoxy) is 3. The van der Waals surface area contributed by atoms with E-state index in [1.54, 1.807) is 44.7 Å². The first kappa shape index (κ1) is 83.6. The molecule has 570 valence electrons. The Hall–Kier alpha value is -8.63. The summed E-state index contributed by atoms with van der Waals surface area (Å²) in [5, 5.41) is 5.98. The molecule has 6 aromatic heterocycles. The van der Waals surface area contributed by atoms with E-state index in [9.17, 15) is 22.0 Å². The Morgan fingerprint density at radius 1 is 0.352 bits per heavy atom. The highest BCUT2D eigenvalue weighted by atomic mass is 19.1. The molecule has 20 heteroatoms. The summed E-state index contributed by atoms with van der Waals surface area (Å²) in [7, 11) is 29.8. The van der Waals surface area contributed by atoms with E-state index in [2.05, 4.69) is 226 Å². The van der Waals surface area contributed by atoms with Gasteiger partial charge >= 0.3 is 0 Å². The average Bonchev–Trinajstić information content (AvgIpc) is 1.69. The van der Waals surface area contributed by atoms with Crippen LogP contribution in [0.25, 0.3) is 65.4 Å². The maximum Gasteiger partial charge on any atom is 0.165 e. The molecule has 6 atom stereocenters. The third-order valence-corrected chi connectivity index (χ3v) is 20.5. The normalized spacial score (nSPS) is 13.4. The largest absolute Gasteiger partial charge is 0.497 e. The molecule has 0 fully saturated rings. The van der Waals surface area contributed by atoms with Gasteiger partial charge in [0, 0.05) is 179 Å². The van der Waals surface area contributed by atoms with Gasteiger partial charge in [-0.25, -0.2) is 22.0 Å². The van der Waals surface area contributed by atoms with Crippen molar-refractivity contribution in [2.75, 3.05) is 106 Å². The Labute approximate surface area is 621 Å². The molecule has 105 heavy (non-hydrogen) atoms. The van der Waals surface area contributed by atoms with Gasteiger partial charge in [-0.05, 0) is 260 Å². The van der Waals surface area contributed by atoms with Crippen molar-refractivity contribution in [2.45, 2.75) is 144 Å². The molecule has 6 heterocycles. The summed E-state index contributed by atoms with van der Waals surface area (Å²) in [6.45, 7) is 22.6. The highest BCUT2D eigenvalue weighted by Crippen LogP contribution is 2.29. The molecule has 12 aromatic rings. The van der Waals surface area contributed by atoms with E-state index in [-0.39, 0.29) is 23.5 Å². The lowest BCUT2D eigenvalue weighted by atomic mass is 10.2. The predicted molar refractivity (Wildman–Crippen MR) is 429 cm³/mol. The minimum absolute atomic E-state index is 0.168. The number of aryl methyl sites for hydroxylation is 2. The van der Waals surface area contributed by atoms with Crippen LogP contribution in [0.3, 0.4) is 0 Å². The molecule has 0 bridgehead atoms. The highest BCUT2D eigenvalue weighted by molar-refractivity contribution is 5.86. The summed E-state index contributed by atoms with van der Waals surface area (Å²) in [5.74, 6) is 0.432. The summed E-state index contributed by atoms with van der Waals surface area (Å²) in [4.78, 5) is 13.2. The van der Waals surface area contributed by atoms with Crippen molar-refractivity contribution in [1.82, 2.24) is 56.8 Å². The van der Waals surface area contributed by atoms with Crippen molar-refractivity contribution >= 4 is 65.4 Å². The first-order valence-electron chi connectivity index (χ1n) is 36.3. The molecule has 0 aliphatic rings. The second kappa shape index (κ2) is 38.6. The second-order valence-corrected chi connectivity index (χ2v) is 29.1. The van der Waals surface area contributed by atoms with Crippen LogP contribution in [0.1, 0.15) is 65.6 Å². The minimum Gasteiger partial charge on any atom is -0.497 e. The first-order valence-corrected chi connectivity index (χ1v) is 36.3. The van der Waals surface area contributed by atoms with Crippen molar-refractivity contribution in [3.63, 3.8) is 0 Å². The first-order chi connectivity index (χ1) is 49.8. The van der Waals surface area contributed by atoms with Gasteiger partial charge < -0.3 is 71.0 Å². The van der Waals surface area contributed by atoms with Crippen molar-refractivity contribution in [3.8, 4) is 17.2 Å². The Morgan fingerprint density at radius 2 is 0.771 bits per heavy atom.